The quantitative estimate of drug-likeness (QED) is 0.587. The highest BCUT2D eigenvalue weighted by Crippen LogP contribution is 2.30. The van der Waals surface area contributed by atoms with Gasteiger partial charge in [-0.15, -0.1) is 0 Å². The van der Waals surface area contributed by atoms with Gasteiger partial charge in [-0.05, 0) is 23.8 Å². The highest BCUT2D eigenvalue weighted by atomic mass is 16.5. The molecule has 2 amide bonds. The lowest BCUT2D eigenvalue weighted by molar-refractivity contribution is -0.125. The van der Waals surface area contributed by atoms with Crippen molar-refractivity contribution in [2.24, 2.45) is 0 Å². The van der Waals surface area contributed by atoms with Crippen molar-refractivity contribution < 1.29 is 19.1 Å². The number of ether oxygens (including phenoxy) is 2. The Kier molecular flexibility index (Phi) is 5.84. The molecule has 0 aliphatic carbocycles. The first kappa shape index (κ1) is 19.3. The molecule has 0 unspecified atom stereocenters. The molecule has 28 heavy (non-hydrogen) atoms. The molecule has 0 radical (unpaired) electrons. The van der Waals surface area contributed by atoms with E-state index in [1.807, 2.05) is 30.5 Å². The molecule has 0 saturated heterocycles. The van der Waals surface area contributed by atoms with E-state index in [4.69, 9.17) is 9.47 Å². The zero-order valence-electron chi connectivity index (χ0n) is 16.0. The first-order valence-electron chi connectivity index (χ1n) is 8.86. The van der Waals surface area contributed by atoms with Crippen molar-refractivity contribution in [1.82, 2.24) is 10.3 Å². The maximum atomic E-state index is 12.9. The number of nitrogens with one attached hydrogen (secondary N) is 3. The third kappa shape index (κ3) is 4.25. The summed E-state index contributed by atoms with van der Waals surface area (Å²) in [5, 5.41) is 6.59. The molecule has 1 aromatic heterocycles. The predicted octanol–water partition coefficient (Wildman–Crippen LogP) is 2.87. The number of hydrogen-bond acceptors (Lipinski definition) is 4. The van der Waals surface area contributed by atoms with E-state index in [0.29, 0.717) is 23.6 Å². The molecule has 3 N–H and O–H groups in total. The van der Waals surface area contributed by atoms with Gasteiger partial charge in [-0.3, -0.25) is 9.59 Å². The number of para-hydroxylation sites is 1. The van der Waals surface area contributed by atoms with Crippen LogP contribution in [0.15, 0.2) is 48.7 Å². The van der Waals surface area contributed by atoms with Gasteiger partial charge in [0.05, 0.1) is 14.2 Å². The van der Waals surface area contributed by atoms with E-state index < -0.39 is 6.04 Å². The SMILES string of the molecule is COc1ccc(NC(=O)[C@H](Cc2c[nH]c3ccccc23)NC(C)=O)cc1OC. The summed E-state index contributed by atoms with van der Waals surface area (Å²) in [5.41, 5.74) is 2.49. The van der Waals surface area contributed by atoms with Crippen molar-refractivity contribution in [3.8, 4) is 11.5 Å². The fraction of sp³-hybridized carbons (Fsp3) is 0.238. The lowest BCUT2D eigenvalue weighted by Gasteiger charge is -2.18. The molecular weight excluding hydrogens is 358 g/mol. The van der Waals surface area contributed by atoms with Crippen molar-refractivity contribution >= 4 is 28.4 Å². The molecule has 0 fully saturated rings. The summed E-state index contributed by atoms with van der Waals surface area (Å²) in [4.78, 5) is 27.7. The number of aromatic nitrogens is 1. The maximum absolute atomic E-state index is 12.9. The average molecular weight is 381 g/mol. The van der Waals surface area contributed by atoms with E-state index in [-0.39, 0.29) is 11.8 Å². The minimum atomic E-state index is -0.718. The van der Waals surface area contributed by atoms with Crippen molar-refractivity contribution in [1.29, 1.82) is 0 Å². The van der Waals surface area contributed by atoms with E-state index in [2.05, 4.69) is 15.6 Å². The summed E-state index contributed by atoms with van der Waals surface area (Å²) in [7, 11) is 3.07. The van der Waals surface area contributed by atoms with Crippen molar-refractivity contribution in [2.45, 2.75) is 19.4 Å². The number of methoxy groups -OCH3 is 2. The van der Waals surface area contributed by atoms with Gasteiger partial charge in [0, 0.05) is 42.2 Å². The minimum Gasteiger partial charge on any atom is -0.493 e. The van der Waals surface area contributed by atoms with Gasteiger partial charge in [0.1, 0.15) is 6.04 Å². The van der Waals surface area contributed by atoms with Crippen molar-refractivity contribution in [3.63, 3.8) is 0 Å². The number of benzene rings is 2. The van der Waals surface area contributed by atoms with Crippen LogP contribution in [0.4, 0.5) is 5.69 Å². The van der Waals surface area contributed by atoms with Gasteiger partial charge in [-0.1, -0.05) is 18.2 Å². The van der Waals surface area contributed by atoms with Crippen molar-refractivity contribution in [3.05, 3.63) is 54.2 Å². The Labute approximate surface area is 163 Å². The van der Waals surface area contributed by atoms with Gasteiger partial charge in [0.2, 0.25) is 11.8 Å². The molecule has 1 atom stereocenters. The number of carbonyl (C=O) groups excluding carboxylic acids is 2. The smallest absolute Gasteiger partial charge is 0.247 e. The molecule has 0 bridgehead atoms. The number of anilines is 1. The average Bonchev–Trinajstić information content (AvgIpc) is 3.10. The molecule has 2 aromatic carbocycles. The first-order valence-corrected chi connectivity index (χ1v) is 8.86. The van der Waals surface area contributed by atoms with Crippen LogP contribution in [0.2, 0.25) is 0 Å². The molecule has 0 aliphatic rings. The molecule has 0 aliphatic heterocycles. The Morgan fingerprint density at radius 3 is 2.54 bits per heavy atom. The van der Waals surface area contributed by atoms with Gasteiger partial charge in [-0.2, -0.15) is 0 Å². The van der Waals surface area contributed by atoms with Gasteiger partial charge in [0.15, 0.2) is 11.5 Å². The topological polar surface area (TPSA) is 92.5 Å². The third-order valence-electron chi connectivity index (χ3n) is 4.44. The summed E-state index contributed by atoms with van der Waals surface area (Å²) in [6.07, 6.45) is 2.23. The number of H-pyrrole nitrogens is 1. The maximum Gasteiger partial charge on any atom is 0.247 e. The van der Waals surface area contributed by atoms with E-state index >= 15 is 0 Å². The van der Waals surface area contributed by atoms with Crippen LogP contribution in [0.5, 0.6) is 11.5 Å². The molecule has 146 valence electrons. The monoisotopic (exact) mass is 381 g/mol. The number of hydrogen-bond donors (Lipinski definition) is 3. The van der Waals surface area contributed by atoms with Gasteiger partial charge in [0.25, 0.3) is 0 Å². The third-order valence-corrected chi connectivity index (χ3v) is 4.44. The number of aromatic amines is 1. The lowest BCUT2D eigenvalue weighted by Crippen LogP contribution is -2.44. The Morgan fingerprint density at radius 2 is 1.82 bits per heavy atom. The van der Waals surface area contributed by atoms with Crippen LogP contribution in [-0.2, 0) is 16.0 Å². The summed E-state index contributed by atoms with van der Waals surface area (Å²) in [6, 6.07) is 12.2. The van der Waals surface area contributed by atoms with Crippen LogP contribution < -0.4 is 20.1 Å². The first-order chi connectivity index (χ1) is 13.5. The van der Waals surface area contributed by atoms with Gasteiger partial charge >= 0.3 is 0 Å². The minimum absolute atomic E-state index is 0.271. The second-order valence-electron chi connectivity index (χ2n) is 6.38. The Morgan fingerprint density at radius 1 is 1.07 bits per heavy atom. The van der Waals surface area contributed by atoms with Crippen LogP contribution in [0.25, 0.3) is 10.9 Å². The molecule has 3 rings (SSSR count). The van der Waals surface area contributed by atoms with Crippen LogP contribution in [0.1, 0.15) is 12.5 Å². The highest BCUT2D eigenvalue weighted by molar-refractivity contribution is 5.98. The van der Waals surface area contributed by atoms with Gasteiger partial charge < -0.3 is 25.1 Å². The second-order valence-corrected chi connectivity index (χ2v) is 6.38. The Balaban J connectivity index is 1.81. The molecule has 3 aromatic rings. The van der Waals surface area contributed by atoms with E-state index in [1.165, 1.54) is 14.0 Å². The van der Waals surface area contributed by atoms with Crippen LogP contribution >= 0.6 is 0 Å². The fourth-order valence-corrected chi connectivity index (χ4v) is 3.12. The number of fused-ring (bicyclic) bond motifs is 1. The summed E-state index contributed by atoms with van der Waals surface area (Å²) in [6.45, 7) is 1.39. The summed E-state index contributed by atoms with van der Waals surface area (Å²) < 4.78 is 10.5. The Hall–Kier alpha value is -3.48. The lowest BCUT2D eigenvalue weighted by atomic mass is 10.0. The fourth-order valence-electron chi connectivity index (χ4n) is 3.12. The molecule has 0 spiro atoms. The van der Waals surface area contributed by atoms with Crippen molar-refractivity contribution in [2.75, 3.05) is 19.5 Å². The van der Waals surface area contributed by atoms with Gasteiger partial charge in [-0.25, -0.2) is 0 Å². The van der Waals surface area contributed by atoms with E-state index in [0.717, 1.165) is 16.5 Å². The van der Waals surface area contributed by atoms with Crippen LogP contribution in [-0.4, -0.2) is 37.1 Å². The number of rotatable bonds is 7. The highest BCUT2D eigenvalue weighted by Gasteiger charge is 2.22. The van der Waals surface area contributed by atoms with Crippen LogP contribution in [0, 0.1) is 0 Å². The van der Waals surface area contributed by atoms with E-state index in [9.17, 15) is 9.59 Å². The second kappa shape index (κ2) is 8.47. The van der Waals surface area contributed by atoms with E-state index in [1.54, 1.807) is 25.3 Å². The largest absolute Gasteiger partial charge is 0.493 e. The molecular formula is C21H23N3O4. The zero-order chi connectivity index (χ0) is 20.1. The Bertz CT molecular complexity index is 996. The molecule has 0 saturated carbocycles. The molecule has 1 heterocycles. The number of amides is 2. The molecule has 7 nitrogen and oxygen atoms in total. The zero-order valence-corrected chi connectivity index (χ0v) is 16.0. The normalized spacial score (nSPS) is 11.7. The molecule has 7 heteroatoms. The summed E-state index contributed by atoms with van der Waals surface area (Å²) in [5.74, 6) is 0.491. The summed E-state index contributed by atoms with van der Waals surface area (Å²) >= 11 is 0. The predicted molar refractivity (Wildman–Crippen MR) is 108 cm³/mol. The standard InChI is InChI=1S/C21H23N3O4/c1-13(25)23-18(10-14-12-22-17-7-5-4-6-16(14)17)21(26)24-15-8-9-19(27-2)20(11-15)28-3/h4-9,11-12,18,22H,10H2,1-3H3,(H,23,25)(H,24,26)/t18-/m0/s1. The number of carbonyl (C=O) groups is 2. The van der Waals surface area contributed by atoms with Crippen LogP contribution in [0.3, 0.4) is 0 Å².